The lowest BCUT2D eigenvalue weighted by Gasteiger charge is -2.32. The number of carbonyl (C=O) groups is 2. The van der Waals surface area contributed by atoms with Crippen molar-refractivity contribution in [2.45, 2.75) is 50.7 Å². The molecule has 3 aromatic rings. The van der Waals surface area contributed by atoms with Gasteiger partial charge in [0.05, 0.1) is 10.6 Å². The number of anilines is 1. The molecule has 0 aliphatic heterocycles. The summed E-state index contributed by atoms with van der Waals surface area (Å²) in [5.74, 6) is -0.886. The fraction of sp³-hybridized carbons (Fsp3) is 0.286. The molecular weight excluding hydrogens is 545 g/mol. The number of benzene rings is 3. The summed E-state index contributed by atoms with van der Waals surface area (Å²) in [6, 6.07) is 20.4. The first-order valence-corrected chi connectivity index (χ1v) is 14.4. The Morgan fingerprint density at radius 2 is 1.45 bits per heavy atom. The Labute approximate surface area is 234 Å². The number of hydrogen-bond donors (Lipinski definition) is 1. The Hall–Kier alpha value is -3.07. The number of rotatable bonds is 11. The highest BCUT2D eigenvalue weighted by atomic mass is 35.5. The van der Waals surface area contributed by atoms with E-state index in [1.54, 1.807) is 25.1 Å². The van der Waals surface area contributed by atoms with E-state index in [2.05, 4.69) is 5.32 Å². The minimum Gasteiger partial charge on any atom is -0.352 e. The molecule has 2 atom stereocenters. The normalized spacial score (nSPS) is 12.9. The number of amides is 2. The molecule has 0 aliphatic rings. The minimum atomic E-state index is -4.19. The summed E-state index contributed by atoms with van der Waals surface area (Å²) in [6.07, 6.45) is 0.726. The summed E-state index contributed by atoms with van der Waals surface area (Å²) in [4.78, 5) is 28.3. The van der Waals surface area contributed by atoms with E-state index in [0.717, 1.165) is 16.3 Å². The quantitative estimate of drug-likeness (QED) is 0.326. The molecule has 0 aromatic heterocycles. The van der Waals surface area contributed by atoms with Gasteiger partial charge in [0.25, 0.3) is 10.0 Å². The fourth-order valence-corrected chi connectivity index (χ4v) is 5.69. The highest BCUT2D eigenvalue weighted by molar-refractivity contribution is 7.92. The zero-order valence-electron chi connectivity index (χ0n) is 21.5. The topological polar surface area (TPSA) is 86.8 Å². The van der Waals surface area contributed by atoms with Crippen LogP contribution in [0, 0.1) is 0 Å². The smallest absolute Gasteiger partial charge is 0.264 e. The van der Waals surface area contributed by atoms with E-state index in [1.807, 2.05) is 44.2 Å². The molecule has 202 valence electrons. The average Bonchev–Trinajstić information content (AvgIpc) is 2.90. The lowest BCUT2D eigenvalue weighted by Crippen LogP contribution is -2.52. The number of hydrogen-bond acceptors (Lipinski definition) is 4. The summed E-state index contributed by atoms with van der Waals surface area (Å²) >= 11 is 12.4. The maximum Gasteiger partial charge on any atom is 0.264 e. The summed E-state index contributed by atoms with van der Waals surface area (Å²) < 4.78 is 28.5. The first kappa shape index (κ1) is 29.5. The standard InChI is InChI=1S/C28H31Cl2N3O4S/c1-4-20(2)31-28(35)21(3)32(18-22-11-7-5-8-12-22)27(34)19-33(25-16-23(29)15-24(30)17-25)38(36,37)26-13-9-6-10-14-26/h5-17,20-21H,4,18-19H2,1-3H3,(H,31,35)/t20-,21-/m1/s1. The Bertz CT molecular complexity index is 1330. The van der Waals surface area contributed by atoms with Crippen LogP contribution in [0.2, 0.25) is 10.0 Å². The number of halogens is 2. The van der Waals surface area contributed by atoms with Crippen molar-refractivity contribution in [1.82, 2.24) is 10.2 Å². The Balaban J connectivity index is 2.03. The molecular formula is C28H31Cl2N3O4S. The Morgan fingerprint density at radius 1 is 0.895 bits per heavy atom. The number of nitrogens with one attached hydrogen (secondary N) is 1. The van der Waals surface area contributed by atoms with Crippen LogP contribution in [-0.2, 0) is 26.2 Å². The third-order valence-electron chi connectivity index (χ3n) is 6.11. The molecule has 0 radical (unpaired) electrons. The van der Waals surface area contributed by atoms with Crippen molar-refractivity contribution in [3.8, 4) is 0 Å². The zero-order valence-corrected chi connectivity index (χ0v) is 23.8. The molecule has 0 bridgehead atoms. The number of nitrogens with zero attached hydrogens (tertiary/aromatic N) is 2. The maximum absolute atomic E-state index is 13.9. The van der Waals surface area contributed by atoms with E-state index >= 15 is 0 Å². The molecule has 1 N–H and O–H groups in total. The largest absolute Gasteiger partial charge is 0.352 e. The van der Waals surface area contributed by atoms with Crippen molar-refractivity contribution in [1.29, 1.82) is 0 Å². The van der Waals surface area contributed by atoms with Crippen molar-refractivity contribution >= 4 is 50.7 Å². The van der Waals surface area contributed by atoms with Gasteiger partial charge in [0.15, 0.2) is 0 Å². The third-order valence-corrected chi connectivity index (χ3v) is 8.33. The second-order valence-electron chi connectivity index (χ2n) is 8.95. The molecule has 0 unspecified atom stereocenters. The van der Waals surface area contributed by atoms with Crippen molar-refractivity contribution in [2.24, 2.45) is 0 Å². The molecule has 7 nitrogen and oxygen atoms in total. The predicted octanol–water partition coefficient (Wildman–Crippen LogP) is 5.52. The predicted molar refractivity (Wildman–Crippen MR) is 152 cm³/mol. The molecule has 0 saturated heterocycles. The van der Waals surface area contributed by atoms with Crippen molar-refractivity contribution in [2.75, 3.05) is 10.8 Å². The molecule has 3 aromatic carbocycles. The number of carbonyl (C=O) groups excluding carboxylic acids is 2. The molecule has 38 heavy (non-hydrogen) atoms. The molecule has 3 rings (SSSR count). The van der Waals surface area contributed by atoms with Crippen LogP contribution < -0.4 is 9.62 Å². The molecule has 0 heterocycles. The van der Waals surface area contributed by atoms with E-state index in [4.69, 9.17) is 23.2 Å². The highest BCUT2D eigenvalue weighted by Gasteiger charge is 2.33. The van der Waals surface area contributed by atoms with E-state index < -0.39 is 28.5 Å². The van der Waals surface area contributed by atoms with Gasteiger partial charge in [0, 0.05) is 22.6 Å². The first-order chi connectivity index (χ1) is 18.0. The van der Waals surface area contributed by atoms with Gasteiger partial charge in [-0.2, -0.15) is 0 Å². The Kier molecular flexibility index (Phi) is 10.2. The lowest BCUT2D eigenvalue weighted by atomic mass is 10.1. The van der Waals surface area contributed by atoms with Crippen LogP contribution in [-0.4, -0.2) is 43.8 Å². The second kappa shape index (κ2) is 13.1. The molecule has 10 heteroatoms. The van der Waals surface area contributed by atoms with Crippen LogP contribution >= 0.6 is 23.2 Å². The zero-order chi connectivity index (χ0) is 27.9. The molecule has 0 saturated carbocycles. The summed E-state index contributed by atoms with van der Waals surface area (Å²) in [5.41, 5.74) is 0.934. The van der Waals surface area contributed by atoms with Gasteiger partial charge in [-0.05, 0) is 56.2 Å². The van der Waals surface area contributed by atoms with Crippen LogP contribution in [0.25, 0.3) is 0 Å². The van der Waals surface area contributed by atoms with Gasteiger partial charge in [-0.15, -0.1) is 0 Å². The van der Waals surface area contributed by atoms with E-state index in [-0.39, 0.29) is 39.1 Å². The third kappa shape index (κ3) is 7.49. The van der Waals surface area contributed by atoms with Gasteiger partial charge in [0.1, 0.15) is 12.6 Å². The van der Waals surface area contributed by atoms with Gasteiger partial charge >= 0.3 is 0 Å². The second-order valence-corrected chi connectivity index (χ2v) is 11.7. The van der Waals surface area contributed by atoms with Crippen LogP contribution in [0.5, 0.6) is 0 Å². The van der Waals surface area contributed by atoms with E-state index in [9.17, 15) is 18.0 Å². The SMILES string of the molecule is CC[C@@H](C)NC(=O)[C@@H](C)N(Cc1ccccc1)C(=O)CN(c1cc(Cl)cc(Cl)c1)S(=O)(=O)c1ccccc1. The van der Waals surface area contributed by atoms with Crippen molar-refractivity contribution in [3.05, 3.63) is 94.5 Å². The summed E-state index contributed by atoms with van der Waals surface area (Å²) in [7, 11) is -4.19. The highest BCUT2D eigenvalue weighted by Crippen LogP contribution is 2.30. The molecule has 2 amide bonds. The van der Waals surface area contributed by atoms with Crippen LogP contribution in [0.15, 0.2) is 83.8 Å². The lowest BCUT2D eigenvalue weighted by molar-refractivity contribution is -0.139. The van der Waals surface area contributed by atoms with Crippen molar-refractivity contribution in [3.63, 3.8) is 0 Å². The molecule has 0 aliphatic carbocycles. The average molecular weight is 577 g/mol. The fourth-order valence-electron chi connectivity index (χ4n) is 3.76. The molecule has 0 fully saturated rings. The Morgan fingerprint density at radius 3 is 2.00 bits per heavy atom. The number of sulfonamides is 1. The van der Waals surface area contributed by atoms with Crippen LogP contribution in [0.1, 0.15) is 32.8 Å². The van der Waals surface area contributed by atoms with E-state index in [1.165, 1.54) is 35.2 Å². The monoisotopic (exact) mass is 575 g/mol. The van der Waals surface area contributed by atoms with Gasteiger partial charge in [-0.1, -0.05) is 78.7 Å². The summed E-state index contributed by atoms with van der Waals surface area (Å²) in [5, 5.41) is 3.34. The summed E-state index contributed by atoms with van der Waals surface area (Å²) in [6.45, 7) is 5.01. The van der Waals surface area contributed by atoms with Gasteiger partial charge < -0.3 is 10.2 Å². The van der Waals surface area contributed by atoms with Crippen LogP contribution in [0.3, 0.4) is 0 Å². The minimum absolute atomic E-state index is 0.000990. The van der Waals surface area contributed by atoms with Gasteiger partial charge in [-0.25, -0.2) is 8.42 Å². The molecule has 0 spiro atoms. The van der Waals surface area contributed by atoms with Gasteiger partial charge in [0.2, 0.25) is 11.8 Å². The first-order valence-electron chi connectivity index (χ1n) is 12.2. The van der Waals surface area contributed by atoms with E-state index in [0.29, 0.717) is 0 Å². The van der Waals surface area contributed by atoms with Crippen molar-refractivity contribution < 1.29 is 18.0 Å². The van der Waals surface area contributed by atoms with Gasteiger partial charge in [-0.3, -0.25) is 13.9 Å². The maximum atomic E-state index is 13.9. The van der Waals surface area contributed by atoms with Crippen LogP contribution in [0.4, 0.5) is 5.69 Å².